The minimum Gasteiger partial charge on any atom is -0.283 e. The molecule has 78 valence electrons. The molecule has 0 amide bonds. The second-order valence-corrected chi connectivity index (χ2v) is 2.88. The zero-order chi connectivity index (χ0) is 11.4. The van der Waals surface area contributed by atoms with Crippen LogP contribution in [0.5, 0.6) is 0 Å². The van der Waals surface area contributed by atoms with Crippen molar-refractivity contribution in [3.05, 3.63) is 48.0 Å². The van der Waals surface area contributed by atoms with E-state index in [2.05, 4.69) is 20.4 Å². The van der Waals surface area contributed by atoms with Crippen LogP contribution in [-0.2, 0) is 0 Å². The van der Waals surface area contributed by atoms with Crippen LogP contribution in [0.2, 0.25) is 0 Å². The summed E-state index contributed by atoms with van der Waals surface area (Å²) >= 11 is 0. The molecule has 0 fully saturated rings. The molecule has 0 bridgehead atoms. The molecule has 0 N–H and O–H groups in total. The Balaban J connectivity index is 2.28. The van der Waals surface area contributed by atoms with Crippen LogP contribution in [0.15, 0.2) is 36.7 Å². The number of hydrogen-bond acceptors (Lipinski definition) is 6. The van der Waals surface area contributed by atoms with Crippen LogP contribution < -0.4 is 0 Å². The van der Waals surface area contributed by atoms with Crippen LogP contribution in [-0.4, -0.2) is 32.0 Å². The fraction of sp³-hybridized carbons (Fsp3) is 0. The molecule has 0 aliphatic heterocycles. The maximum Gasteiger partial charge on any atom is 0.255 e. The number of aromatic nitrogens is 4. The van der Waals surface area contributed by atoms with Gasteiger partial charge in [0.05, 0.1) is 0 Å². The van der Waals surface area contributed by atoms with Crippen molar-refractivity contribution in [3.8, 4) is 0 Å². The Morgan fingerprint density at radius 3 is 1.56 bits per heavy atom. The van der Waals surface area contributed by atoms with Gasteiger partial charge < -0.3 is 0 Å². The molecule has 0 spiro atoms. The average molecular weight is 214 g/mol. The van der Waals surface area contributed by atoms with Crippen molar-refractivity contribution in [2.24, 2.45) is 0 Å². The quantitative estimate of drug-likeness (QED) is 0.540. The number of carbonyl (C=O) groups excluding carboxylic acids is 2. The van der Waals surface area contributed by atoms with Gasteiger partial charge in [0.1, 0.15) is 11.4 Å². The van der Waals surface area contributed by atoms with Crippen molar-refractivity contribution in [1.82, 2.24) is 20.4 Å². The van der Waals surface area contributed by atoms with Crippen molar-refractivity contribution < 1.29 is 9.59 Å². The number of nitrogens with zero attached hydrogens (tertiary/aromatic N) is 4. The number of Topliss-reactive ketones (excluding diaryl/α,β-unsaturated/α-hetero) is 2. The summed E-state index contributed by atoms with van der Waals surface area (Å²) in [5.41, 5.74) is -0.00342. The van der Waals surface area contributed by atoms with Gasteiger partial charge in [-0.2, -0.15) is 10.2 Å². The van der Waals surface area contributed by atoms with Crippen LogP contribution >= 0.6 is 0 Å². The van der Waals surface area contributed by atoms with Gasteiger partial charge >= 0.3 is 0 Å². The Labute approximate surface area is 90.4 Å². The second-order valence-electron chi connectivity index (χ2n) is 2.88. The molecule has 0 radical (unpaired) electrons. The number of rotatable bonds is 3. The number of hydrogen-bond donors (Lipinski definition) is 0. The third kappa shape index (κ3) is 1.95. The fourth-order valence-corrected chi connectivity index (χ4v) is 1.08. The highest BCUT2D eigenvalue weighted by atomic mass is 16.2. The van der Waals surface area contributed by atoms with Crippen molar-refractivity contribution in [1.29, 1.82) is 0 Å². The van der Waals surface area contributed by atoms with Crippen molar-refractivity contribution >= 4 is 11.6 Å². The summed E-state index contributed by atoms with van der Waals surface area (Å²) in [6.07, 6.45) is 2.84. The highest BCUT2D eigenvalue weighted by Crippen LogP contribution is 2.01. The molecule has 2 heterocycles. The topological polar surface area (TPSA) is 85.7 Å². The Morgan fingerprint density at radius 2 is 1.25 bits per heavy atom. The lowest BCUT2D eigenvalue weighted by molar-refractivity contribution is 0.0810. The summed E-state index contributed by atoms with van der Waals surface area (Å²) in [7, 11) is 0. The summed E-state index contributed by atoms with van der Waals surface area (Å²) in [5, 5.41) is 14.2. The van der Waals surface area contributed by atoms with E-state index in [1.54, 1.807) is 0 Å². The van der Waals surface area contributed by atoms with Crippen molar-refractivity contribution in [2.75, 3.05) is 0 Å². The average Bonchev–Trinajstić information content (AvgIpc) is 2.39. The van der Waals surface area contributed by atoms with Gasteiger partial charge in [0.15, 0.2) is 0 Å². The molecule has 0 saturated heterocycles. The molecule has 0 aliphatic rings. The summed E-state index contributed by atoms with van der Waals surface area (Å²) in [6.45, 7) is 0. The standard InChI is InChI=1S/C10H6N4O2/c15-9(7-3-1-5-11-13-7)10(16)8-4-2-6-12-14-8/h1-6H. The first-order valence-corrected chi connectivity index (χ1v) is 4.43. The van der Waals surface area contributed by atoms with Crippen molar-refractivity contribution in [2.45, 2.75) is 0 Å². The van der Waals surface area contributed by atoms with Gasteiger partial charge in [-0.15, -0.1) is 10.2 Å². The Hall–Kier alpha value is -2.50. The minimum absolute atomic E-state index is 0.00171. The van der Waals surface area contributed by atoms with Gasteiger partial charge in [0, 0.05) is 12.4 Å². The summed E-state index contributed by atoms with van der Waals surface area (Å²) in [6, 6.07) is 5.90. The van der Waals surface area contributed by atoms with Crippen LogP contribution in [0, 0.1) is 0 Å². The molecule has 0 aromatic carbocycles. The lowest BCUT2D eigenvalue weighted by Crippen LogP contribution is -2.17. The van der Waals surface area contributed by atoms with E-state index in [4.69, 9.17) is 0 Å². The SMILES string of the molecule is O=C(C(=O)c1cccnn1)c1cccnn1. The van der Waals surface area contributed by atoms with Crippen molar-refractivity contribution in [3.63, 3.8) is 0 Å². The van der Waals surface area contributed by atoms with Gasteiger partial charge in [-0.25, -0.2) is 0 Å². The molecule has 2 rings (SSSR count). The normalized spacial score (nSPS) is 9.75. The van der Waals surface area contributed by atoms with Crippen LogP contribution in [0.25, 0.3) is 0 Å². The second kappa shape index (κ2) is 4.35. The molecular formula is C10H6N4O2. The van der Waals surface area contributed by atoms with Gasteiger partial charge in [-0.3, -0.25) is 9.59 Å². The Bertz CT molecular complexity index is 463. The van der Waals surface area contributed by atoms with Crippen LogP contribution in [0.1, 0.15) is 21.0 Å². The monoisotopic (exact) mass is 214 g/mol. The molecule has 0 unspecified atom stereocenters. The van der Waals surface area contributed by atoms with Gasteiger partial charge in [-0.05, 0) is 24.3 Å². The summed E-state index contributed by atoms with van der Waals surface area (Å²) < 4.78 is 0. The predicted octanol–water partition coefficient (Wildman–Crippen LogP) is 0.332. The molecule has 2 aromatic rings. The van der Waals surface area contributed by atoms with E-state index >= 15 is 0 Å². The molecule has 6 nitrogen and oxygen atoms in total. The highest BCUT2D eigenvalue weighted by Gasteiger charge is 2.20. The molecular weight excluding hydrogens is 208 g/mol. The van der Waals surface area contributed by atoms with Gasteiger partial charge in [-0.1, -0.05) is 0 Å². The van der Waals surface area contributed by atoms with E-state index in [9.17, 15) is 9.59 Å². The lowest BCUT2D eigenvalue weighted by Gasteiger charge is -1.96. The first-order chi connectivity index (χ1) is 7.79. The smallest absolute Gasteiger partial charge is 0.255 e. The first kappa shape index (κ1) is 10.0. The molecule has 2 aromatic heterocycles. The third-order valence-corrected chi connectivity index (χ3v) is 1.82. The molecule has 0 atom stereocenters. The van der Waals surface area contributed by atoms with Crippen LogP contribution in [0.4, 0.5) is 0 Å². The van der Waals surface area contributed by atoms with Crippen LogP contribution in [0.3, 0.4) is 0 Å². The zero-order valence-electron chi connectivity index (χ0n) is 8.07. The first-order valence-electron chi connectivity index (χ1n) is 4.43. The Morgan fingerprint density at radius 1 is 0.812 bits per heavy atom. The van der Waals surface area contributed by atoms with E-state index in [0.29, 0.717) is 0 Å². The van der Waals surface area contributed by atoms with E-state index in [0.717, 1.165) is 0 Å². The maximum absolute atomic E-state index is 11.6. The van der Waals surface area contributed by atoms with Gasteiger partial charge in [0.2, 0.25) is 0 Å². The maximum atomic E-state index is 11.6. The van der Waals surface area contributed by atoms with E-state index in [-0.39, 0.29) is 11.4 Å². The molecule has 0 saturated carbocycles. The van der Waals surface area contributed by atoms with E-state index in [1.807, 2.05) is 0 Å². The number of ketones is 2. The molecule has 6 heteroatoms. The van der Waals surface area contributed by atoms with Gasteiger partial charge in [0.25, 0.3) is 11.6 Å². The molecule has 16 heavy (non-hydrogen) atoms. The fourth-order valence-electron chi connectivity index (χ4n) is 1.08. The predicted molar refractivity (Wildman–Crippen MR) is 52.7 cm³/mol. The largest absolute Gasteiger partial charge is 0.283 e. The Kier molecular flexibility index (Phi) is 2.73. The van der Waals surface area contributed by atoms with E-state index in [1.165, 1.54) is 36.7 Å². The number of carbonyl (C=O) groups is 2. The third-order valence-electron chi connectivity index (χ3n) is 1.82. The lowest BCUT2D eigenvalue weighted by atomic mass is 10.1. The minimum atomic E-state index is -0.742. The molecule has 0 aliphatic carbocycles. The van der Waals surface area contributed by atoms with E-state index < -0.39 is 11.6 Å². The zero-order valence-corrected chi connectivity index (χ0v) is 8.07. The summed E-state index contributed by atoms with van der Waals surface area (Å²) in [5.74, 6) is -1.48. The highest BCUT2D eigenvalue weighted by molar-refractivity contribution is 6.48. The summed E-state index contributed by atoms with van der Waals surface area (Å²) in [4.78, 5) is 23.3.